The number of fused-ring (bicyclic) bond motifs is 1. The van der Waals surface area contributed by atoms with Crippen LogP contribution in [-0.2, 0) is 4.74 Å². The van der Waals surface area contributed by atoms with Gasteiger partial charge in [0.2, 0.25) is 0 Å². The summed E-state index contributed by atoms with van der Waals surface area (Å²) < 4.78 is 5.87. The lowest BCUT2D eigenvalue weighted by atomic mass is 10.0. The molecule has 1 aromatic heterocycles. The first-order chi connectivity index (χ1) is 11.7. The van der Waals surface area contributed by atoms with Crippen LogP contribution >= 0.6 is 0 Å². The van der Waals surface area contributed by atoms with Gasteiger partial charge >= 0.3 is 0 Å². The van der Waals surface area contributed by atoms with Crippen LogP contribution in [0.1, 0.15) is 53.3 Å². The van der Waals surface area contributed by atoms with E-state index in [1.54, 1.807) is 0 Å². The minimum atomic E-state index is 0.163. The van der Waals surface area contributed by atoms with E-state index in [4.69, 9.17) is 4.74 Å². The highest BCUT2D eigenvalue weighted by Gasteiger charge is 2.44. The molecule has 0 spiro atoms. The van der Waals surface area contributed by atoms with Crippen LogP contribution < -0.4 is 0 Å². The summed E-state index contributed by atoms with van der Waals surface area (Å²) >= 11 is 0. The maximum Gasteiger partial charge on any atom is 0.257 e. The van der Waals surface area contributed by atoms with Gasteiger partial charge < -0.3 is 9.64 Å². The molecule has 1 N–H and O–H groups in total. The standard InChI is InChI=1S/C18H26N4O2/c1-11-16(17(20-19-11)13-4-5-13)18(23)21-6-7-22-14(8-21)9-24-10-15(22)12-2-3-12/h12-15H,2-10H2,1H3,(H,19,20)/t14-,15-/m1/s1. The summed E-state index contributed by atoms with van der Waals surface area (Å²) in [6.07, 6.45) is 5.02. The molecule has 4 aliphatic rings. The topological polar surface area (TPSA) is 61.5 Å². The number of aromatic nitrogens is 2. The molecule has 130 valence electrons. The van der Waals surface area contributed by atoms with Gasteiger partial charge in [0.25, 0.3) is 5.91 Å². The van der Waals surface area contributed by atoms with Crippen LogP contribution in [0.4, 0.5) is 0 Å². The van der Waals surface area contributed by atoms with Crippen LogP contribution in [0.5, 0.6) is 0 Å². The van der Waals surface area contributed by atoms with E-state index >= 15 is 0 Å². The molecule has 24 heavy (non-hydrogen) atoms. The zero-order chi connectivity index (χ0) is 16.3. The molecule has 4 fully saturated rings. The third kappa shape index (κ3) is 2.47. The Morgan fingerprint density at radius 1 is 1.21 bits per heavy atom. The van der Waals surface area contributed by atoms with Crippen molar-refractivity contribution in [2.45, 2.75) is 50.6 Å². The summed E-state index contributed by atoms with van der Waals surface area (Å²) in [7, 11) is 0. The maximum atomic E-state index is 13.1. The molecule has 5 rings (SSSR count). The molecule has 2 atom stereocenters. The lowest BCUT2D eigenvalue weighted by Gasteiger charge is -2.48. The van der Waals surface area contributed by atoms with E-state index in [0.717, 1.165) is 68.6 Å². The molecule has 0 aromatic carbocycles. The molecule has 2 aliphatic carbocycles. The molecule has 1 aromatic rings. The van der Waals surface area contributed by atoms with Gasteiger partial charge in [0, 0.05) is 37.3 Å². The lowest BCUT2D eigenvalue weighted by Crippen LogP contribution is -2.63. The third-order valence-electron chi connectivity index (χ3n) is 6.16. The van der Waals surface area contributed by atoms with Gasteiger partial charge in [-0.15, -0.1) is 0 Å². The number of morpholine rings is 1. The monoisotopic (exact) mass is 330 g/mol. The van der Waals surface area contributed by atoms with Crippen LogP contribution in [0.25, 0.3) is 0 Å². The minimum Gasteiger partial charge on any atom is -0.378 e. The second-order valence-corrected chi connectivity index (χ2v) is 7.97. The van der Waals surface area contributed by atoms with E-state index < -0.39 is 0 Å². The summed E-state index contributed by atoms with van der Waals surface area (Å²) in [4.78, 5) is 17.8. The number of aryl methyl sites for hydroxylation is 1. The normalized spacial score (nSPS) is 31.1. The van der Waals surface area contributed by atoms with E-state index in [9.17, 15) is 4.79 Å². The van der Waals surface area contributed by atoms with E-state index in [1.807, 2.05) is 11.8 Å². The number of carbonyl (C=O) groups is 1. The van der Waals surface area contributed by atoms with Crippen molar-refractivity contribution in [3.05, 3.63) is 17.0 Å². The molecule has 2 saturated carbocycles. The molecule has 3 heterocycles. The highest BCUT2D eigenvalue weighted by atomic mass is 16.5. The lowest BCUT2D eigenvalue weighted by molar-refractivity contribution is -0.0816. The van der Waals surface area contributed by atoms with Crippen molar-refractivity contribution in [3.63, 3.8) is 0 Å². The largest absolute Gasteiger partial charge is 0.378 e. The van der Waals surface area contributed by atoms with Gasteiger partial charge in [-0.05, 0) is 38.5 Å². The Labute approximate surface area is 142 Å². The average molecular weight is 330 g/mol. The fraction of sp³-hybridized carbons (Fsp3) is 0.778. The number of hydrogen-bond acceptors (Lipinski definition) is 4. The molecule has 0 radical (unpaired) electrons. The van der Waals surface area contributed by atoms with Crippen LogP contribution in [0.2, 0.25) is 0 Å². The van der Waals surface area contributed by atoms with E-state index in [2.05, 4.69) is 15.1 Å². The first kappa shape index (κ1) is 14.9. The molecule has 2 saturated heterocycles. The zero-order valence-electron chi connectivity index (χ0n) is 14.3. The number of nitrogens with zero attached hydrogens (tertiary/aromatic N) is 3. The van der Waals surface area contributed by atoms with Crippen molar-refractivity contribution in [3.8, 4) is 0 Å². The van der Waals surface area contributed by atoms with Crippen molar-refractivity contribution in [1.29, 1.82) is 0 Å². The van der Waals surface area contributed by atoms with Gasteiger partial charge in [0.1, 0.15) is 0 Å². The number of hydrogen-bond donors (Lipinski definition) is 1. The van der Waals surface area contributed by atoms with Crippen molar-refractivity contribution in [1.82, 2.24) is 20.0 Å². The van der Waals surface area contributed by atoms with Crippen molar-refractivity contribution in [2.24, 2.45) is 5.92 Å². The number of rotatable bonds is 3. The summed E-state index contributed by atoms with van der Waals surface area (Å²) in [6.45, 7) is 6.20. The van der Waals surface area contributed by atoms with E-state index in [1.165, 1.54) is 12.8 Å². The van der Waals surface area contributed by atoms with Crippen molar-refractivity contribution < 1.29 is 9.53 Å². The van der Waals surface area contributed by atoms with Gasteiger partial charge in [-0.2, -0.15) is 5.10 Å². The SMILES string of the molecule is Cc1[nH]nc(C2CC2)c1C(=O)N1CCN2[C@@H](COC[C@@H]2C2CC2)C1. The van der Waals surface area contributed by atoms with Crippen LogP contribution in [0.3, 0.4) is 0 Å². The Balaban J connectivity index is 1.33. The highest BCUT2D eigenvalue weighted by molar-refractivity contribution is 5.96. The second kappa shape index (κ2) is 5.56. The Bertz CT molecular complexity index is 649. The molecule has 1 amide bonds. The predicted molar refractivity (Wildman–Crippen MR) is 89.0 cm³/mol. The molecular weight excluding hydrogens is 304 g/mol. The van der Waals surface area contributed by atoms with Crippen LogP contribution in [0.15, 0.2) is 0 Å². The number of ether oxygens (including phenoxy) is 1. The van der Waals surface area contributed by atoms with E-state index in [0.29, 0.717) is 18.0 Å². The Hall–Kier alpha value is -1.40. The number of aromatic amines is 1. The number of amides is 1. The summed E-state index contributed by atoms with van der Waals surface area (Å²) in [5, 5.41) is 7.44. The van der Waals surface area contributed by atoms with Gasteiger partial charge in [-0.1, -0.05) is 0 Å². The third-order valence-corrected chi connectivity index (χ3v) is 6.16. The maximum absolute atomic E-state index is 13.1. The fourth-order valence-electron chi connectivity index (χ4n) is 4.48. The fourth-order valence-corrected chi connectivity index (χ4v) is 4.48. The molecule has 6 nitrogen and oxygen atoms in total. The second-order valence-electron chi connectivity index (χ2n) is 7.97. The number of carbonyl (C=O) groups excluding carboxylic acids is 1. The van der Waals surface area contributed by atoms with Crippen LogP contribution in [0, 0.1) is 12.8 Å². The first-order valence-electron chi connectivity index (χ1n) is 9.40. The first-order valence-corrected chi connectivity index (χ1v) is 9.40. The van der Waals surface area contributed by atoms with E-state index in [-0.39, 0.29) is 5.91 Å². The summed E-state index contributed by atoms with van der Waals surface area (Å²) in [5.41, 5.74) is 2.75. The Morgan fingerprint density at radius 3 is 2.79 bits per heavy atom. The number of piperazine rings is 1. The smallest absolute Gasteiger partial charge is 0.257 e. The molecule has 6 heteroatoms. The molecular formula is C18H26N4O2. The highest BCUT2D eigenvalue weighted by Crippen LogP contribution is 2.42. The summed E-state index contributed by atoms with van der Waals surface area (Å²) in [5.74, 6) is 1.48. The summed E-state index contributed by atoms with van der Waals surface area (Å²) in [6, 6.07) is 0.942. The van der Waals surface area contributed by atoms with Gasteiger partial charge in [-0.3, -0.25) is 14.8 Å². The molecule has 0 unspecified atom stereocenters. The van der Waals surface area contributed by atoms with Gasteiger partial charge in [-0.25, -0.2) is 0 Å². The molecule has 2 aliphatic heterocycles. The molecule has 0 bridgehead atoms. The number of H-pyrrole nitrogens is 1. The minimum absolute atomic E-state index is 0.163. The van der Waals surface area contributed by atoms with Crippen molar-refractivity contribution >= 4 is 5.91 Å². The Morgan fingerprint density at radius 2 is 2.04 bits per heavy atom. The Kier molecular flexibility index (Phi) is 3.45. The zero-order valence-corrected chi connectivity index (χ0v) is 14.3. The van der Waals surface area contributed by atoms with Crippen LogP contribution in [-0.4, -0.2) is 70.8 Å². The van der Waals surface area contributed by atoms with Gasteiger partial charge in [0.15, 0.2) is 0 Å². The van der Waals surface area contributed by atoms with Gasteiger partial charge in [0.05, 0.1) is 30.5 Å². The number of nitrogens with one attached hydrogen (secondary N) is 1. The average Bonchev–Trinajstić information content (AvgIpc) is 3.51. The van der Waals surface area contributed by atoms with Crippen molar-refractivity contribution in [2.75, 3.05) is 32.8 Å². The quantitative estimate of drug-likeness (QED) is 0.913. The predicted octanol–water partition coefficient (Wildman–Crippen LogP) is 1.53.